The highest BCUT2D eigenvalue weighted by molar-refractivity contribution is 5.80. The summed E-state index contributed by atoms with van der Waals surface area (Å²) in [7, 11) is 0. The van der Waals surface area contributed by atoms with Crippen molar-refractivity contribution < 1.29 is 28.5 Å². The van der Waals surface area contributed by atoms with E-state index in [1.165, 1.54) is 0 Å². The van der Waals surface area contributed by atoms with Crippen LogP contribution in [0, 0.1) is 0 Å². The van der Waals surface area contributed by atoms with Gasteiger partial charge in [0.2, 0.25) is 0 Å². The van der Waals surface area contributed by atoms with E-state index in [4.69, 9.17) is 18.9 Å². The molecule has 1 heterocycles. The highest BCUT2D eigenvalue weighted by atomic mass is 16.7. The summed E-state index contributed by atoms with van der Waals surface area (Å²) in [6.45, 7) is 2.43. The Morgan fingerprint density at radius 3 is 2.95 bits per heavy atom. The van der Waals surface area contributed by atoms with Crippen LogP contribution in [0.15, 0.2) is 18.2 Å². The standard InChI is InChI=1S/C16H20O6/c1-2-19-15(18)11-21-14-9-13(7-6-12(14)10-17)22-16-5-3-4-8-20-16/h6-7,9-10,16H,2-5,8,11H2,1H3. The molecule has 0 saturated carbocycles. The fraction of sp³-hybridized carbons (Fsp3) is 0.500. The lowest BCUT2D eigenvalue weighted by atomic mass is 10.2. The summed E-state index contributed by atoms with van der Waals surface area (Å²) in [6.07, 6.45) is 3.31. The third-order valence-electron chi connectivity index (χ3n) is 3.17. The van der Waals surface area contributed by atoms with Gasteiger partial charge in [-0.1, -0.05) is 0 Å². The summed E-state index contributed by atoms with van der Waals surface area (Å²) in [5.74, 6) is 0.342. The first kappa shape index (κ1) is 16.3. The SMILES string of the molecule is CCOC(=O)COc1cc(OC2CCCCO2)ccc1C=O. The van der Waals surface area contributed by atoms with Gasteiger partial charge >= 0.3 is 5.97 Å². The predicted molar refractivity (Wildman–Crippen MR) is 78.2 cm³/mol. The molecule has 0 aromatic heterocycles. The van der Waals surface area contributed by atoms with Crippen molar-refractivity contribution in [1.82, 2.24) is 0 Å². The molecule has 0 bridgehead atoms. The van der Waals surface area contributed by atoms with E-state index in [-0.39, 0.29) is 25.3 Å². The van der Waals surface area contributed by atoms with Crippen molar-refractivity contribution in [3.63, 3.8) is 0 Å². The fourth-order valence-electron chi connectivity index (χ4n) is 2.11. The number of ether oxygens (including phenoxy) is 4. The zero-order valence-corrected chi connectivity index (χ0v) is 12.6. The van der Waals surface area contributed by atoms with Gasteiger partial charge in [0.25, 0.3) is 0 Å². The van der Waals surface area contributed by atoms with Gasteiger partial charge in [-0.2, -0.15) is 0 Å². The third-order valence-corrected chi connectivity index (χ3v) is 3.17. The smallest absolute Gasteiger partial charge is 0.344 e. The number of esters is 1. The molecule has 1 aromatic carbocycles. The number of hydrogen-bond donors (Lipinski definition) is 0. The van der Waals surface area contributed by atoms with Gasteiger partial charge in [0.05, 0.1) is 18.8 Å². The van der Waals surface area contributed by atoms with Crippen molar-refractivity contribution >= 4 is 12.3 Å². The summed E-state index contributed by atoms with van der Waals surface area (Å²) >= 11 is 0. The fourth-order valence-corrected chi connectivity index (χ4v) is 2.11. The minimum Gasteiger partial charge on any atom is -0.481 e. The molecule has 0 aliphatic carbocycles. The van der Waals surface area contributed by atoms with Gasteiger partial charge in [0.15, 0.2) is 19.2 Å². The van der Waals surface area contributed by atoms with Gasteiger partial charge in [0.1, 0.15) is 11.5 Å². The summed E-state index contributed by atoms with van der Waals surface area (Å²) in [5, 5.41) is 0. The molecular weight excluding hydrogens is 288 g/mol. The molecule has 1 aliphatic rings. The molecule has 1 atom stereocenters. The maximum Gasteiger partial charge on any atom is 0.344 e. The number of rotatable bonds is 7. The number of hydrogen-bond acceptors (Lipinski definition) is 6. The Balaban J connectivity index is 2.01. The van der Waals surface area contributed by atoms with E-state index in [1.807, 2.05) is 0 Å². The van der Waals surface area contributed by atoms with Crippen LogP contribution in [0.2, 0.25) is 0 Å². The molecule has 0 spiro atoms. The lowest BCUT2D eigenvalue weighted by Crippen LogP contribution is -2.25. The Morgan fingerprint density at radius 1 is 1.41 bits per heavy atom. The highest BCUT2D eigenvalue weighted by Crippen LogP contribution is 2.26. The number of aldehydes is 1. The summed E-state index contributed by atoms with van der Waals surface area (Å²) < 4.78 is 21.3. The molecule has 22 heavy (non-hydrogen) atoms. The van der Waals surface area contributed by atoms with Gasteiger partial charge in [-0.15, -0.1) is 0 Å². The van der Waals surface area contributed by atoms with E-state index in [0.717, 1.165) is 19.3 Å². The molecule has 0 N–H and O–H groups in total. The maximum atomic E-state index is 11.3. The average molecular weight is 308 g/mol. The second-order valence-corrected chi connectivity index (χ2v) is 4.83. The first-order chi connectivity index (χ1) is 10.7. The van der Waals surface area contributed by atoms with E-state index in [2.05, 4.69) is 0 Å². The lowest BCUT2D eigenvalue weighted by molar-refractivity contribution is -0.145. The zero-order valence-electron chi connectivity index (χ0n) is 12.6. The Morgan fingerprint density at radius 2 is 2.27 bits per heavy atom. The second-order valence-electron chi connectivity index (χ2n) is 4.83. The number of carbonyl (C=O) groups excluding carboxylic acids is 2. The predicted octanol–water partition coefficient (Wildman–Crippen LogP) is 2.35. The molecule has 6 nitrogen and oxygen atoms in total. The first-order valence-electron chi connectivity index (χ1n) is 7.39. The lowest BCUT2D eigenvalue weighted by Gasteiger charge is -2.23. The van der Waals surface area contributed by atoms with Gasteiger partial charge in [-0.25, -0.2) is 4.79 Å². The van der Waals surface area contributed by atoms with Crippen LogP contribution in [-0.2, 0) is 14.3 Å². The largest absolute Gasteiger partial charge is 0.481 e. The van der Waals surface area contributed by atoms with E-state index in [1.54, 1.807) is 25.1 Å². The Hall–Kier alpha value is -2.08. The number of benzene rings is 1. The van der Waals surface area contributed by atoms with Crippen molar-refractivity contribution in [3.8, 4) is 11.5 Å². The minimum atomic E-state index is -0.485. The zero-order chi connectivity index (χ0) is 15.8. The van der Waals surface area contributed by atoms with Crippen LogP contribution in [0.4, 0.5) is 0 Å². The van der Waals surface area contributed by atoms with Gasteiger partial charge in [-0.05, 0) is 31.9 Å². The quantitative estimate of drug-likeness (QED) is 0.569. The van der Waals surface area contributed by atoms with Crippen LogP contribution in [0.1, 0.15) is 36.5 Å². The molecule has 2 rings (SSSR count). The summed E-state index contributed by atoms with van der Waals surface area (Å²) in [6, 6.07) is 4.85. The molecule has 6 heteroatoms. The summed E-state index contributed by atoms with van der Waals surface area (Å²) in [5.41, 5.74) is 0.348. The Kier molecular flexibility index (Phi) is 6.21. The van der Waals surface area contributed by atoms with E-state index in [0.29, 0.717) is 24.2 Å². The van der Waals surface area contributed by atoms with Gasteiger partial charge < -0.3 is 18.9 Å². The van der Waals surface area contributed by atoms with Crippen LogP contribution in [0.3, 0.4) is 0 Å². The maximum absolute atomic E-state index is 11.3. The molecule has 1 aliphatic heterocycles. The highest BCUT2D eigenvalue weighted by Gasteiger charge is 2.16. The van der Waals surface area contributed by atoms with Crippen molar-refractivity contribution in [2.45, 2.75) is 32.5 Å². The van der Waals surface area contributed by atoms with Crippen molar-refractivity contribution in [1.29, 1.82) is 0 Å². The molecule has 0 radical (unpaired) electrons. The Labute approximate surface area is 129 Å². The van der Waals surface area contributed by atoms with Crippen LogP contribution in [-0.4, -0.2) is 38.4 Å². The van der Waals surface area contributed by atoms with Crippen LogP contribution < -0.4 is 9.47 Å². The monoisotopic (exact) mass is 308 g/mol. The number of carbonyl (C=O) groups is 2. The molecule has 1 fully saturated rings. The molecular formula is C16H20O6. The first-order valence-corrected chi connectivity index (χ1v) is 7.39. The van der Waals surface area contributed by atoms with Crippen LogP contribution in [0.25, 0.3) is 0 Å². The van der Waals surface area contributed by atoms with Crippen molar-refractivity contribution in [3.05, 3.63) is 23.8 Å². The van der Waals surface area contributed by atoms with Crippen molar-refractivity contribution in [2.75, 3.05) is 19.8 Å². The van der Waals surface area contributed by atoms with Crippen LogP contribution >= 0.6 is 0 Å². The van der Waals surface area contributed by atoms with Crippen molar-refractivity contribution in [2.24, 2.45) is 0 Å². The van der Waals surface area contributed by atoms with E-state index in [9.17, 15) is 9.59 Å². The summed E-state index contributed by atoms with van der Waals surface area (Å²) in [4.78, 5) is 22.4. The molecule has 1 aromatic rings. The van der Waals surface area contributed by atoms with Gasteiger partial charge in [0, 0.05) is 12.5 Å². The van der Waals surface area contributed by atoms with E-state index < -0.39 is 5.97 Å². The van der Waals surface area contributed by atoms with Crippen LogP contribution in [0.5, 0.6) is 11.5 Å². The molecule has 1 saturated heterocycles. The second kappa shape index (κ2) is 8.38. The molecule has 1 unspecified atom stereocenters. The minimum absolute atomic E-state index is 0.252. The topological polar surface area (TPSA) is 71.1 Å². The Bertz CT molecular complexity index is 507. The average Bonchev–Trinajstić information content (AvgIpc) is 2.54. The molecule has 0 amide bonds. The normalized spacial score (nSPS) is 17.6. The van der Waals surface area contributed by atoms with E-state index >= 15 is 0 Å². The molecule has 120 valence electrons. The third kappa shape index (κ3) is 4.73. The van der Waals surface area contributed by atoms with Gasteiger partial charge in [-0.3, -0.25) is 4.79 Å².